The van der Waals surface area contributed by atoms with E-state index in [1.807, 2.05) is 12.1 Å². The highest BCUT2D eigenvalue weighted by atomic mass is 32.2. The summed E-state index contributed by atoms with van der Waals surface area (Å²) >= 11 is 1.67. The van der Waals surface area contributed by atoms with Crippen LogP contribution in [0.1, 0.15) is 50.7 Å². The zero-order chi connectivity index (χ0) is 24.7. The lowest BCUT2D eigenvalue weighted by molar-refractivity contribution is -0.155. The van der Waals surface area contributed by atoms with Crippen LogP contribution >= 0.6 is 11.8 Å². The Morgan fingerprint density at radius 3 is 2.71 bits per heavy atom. The predicted octanol–water partition coefficient (Wildman–Crippen LogP) is 5.11. The largest absolute Gasteiger partial charge is 0.487 e. The standard InChI is InChI=1S/C27H32F3NO3S/c28-27(29,30)21-10-11-23-20(16-21)8-7-9-26(23)35-15-6-2-5-14-33-25-19-34-22(17-24(25)32)18-31-12-3-1-4-13-31/h7-9,11,16-17,19,21H,1-6,10,12-15,18H2. The average molecular weight is 508 g/mol. The number of thioether (sulfide) groups is 1. The summed E-state index contributed by atoms with van der Waals surface area (Å²) in [5.41, 5.74) is -0.145. The number of piperidine rings is 1. The van der Waals surface area contributed by atoms with Gasteiger partial charge in [0, 0.05) is 11.0 Å². The first kappa shape index (κ1) is 25.9. The summed E-state index contributed by atoms with van der Waals surface area (Å²) in [6.07, 6.45) is 6.64. The van der Waals surface area contributed by atoms with E-state index in [1.165, 1.54) is 37.7 Å². The third-order valence-corrected chi connectivity index (χ3v) is 7.62. The van der Waals surface area contributed by atoms with Crippen LogP contribution in [-0.4, -0.2) is 36.5 Å². The van der Waals surface area contributed by atoms with Crippen LogP contribution in [0.2, 0.25) is 0 Å². The molecule has 1 aromatic carbocycles. The maximum atomic E-state index is 13.0. The molecular formula is C27H32F3NO3S. The summed E-state index contributed by atoms with van der Waals surface area (Å²) in [5.74, 6) is 0.402. The first-order valence-corrected chi connectivity index (χ1v) is 13.4. The van der Waals surface area contributed by atoms with Gasteiger partial charge < -0.3 is 9.15 Å². The molecule has 2 aromatic rings. The van der Waals surface area contributed by atoms with Crippen LogP contribution in [0.25, 0.3) is 12.2 Å². The Balaban J connectivity index is 1.17. The third-order valence-electron chi connectivity index (χ3n) is 6.46. The maximum Gasteiger partial charge on any atom is 0.395 e. The van der Waals surface area contributed by atoms with Gasteiger partial charge in [0.05, 0.1) is 19.1 Å². The smallest absolute Gasteiger partial charge is 0.395 e. The van der Waals surface area contributed by atoms with Gasteiger partial charge in [-0.15, -0.1) is 11.8 Å². The molecule has 0 N–H and O–H groups in total. The number of alkyl halides is 3. The fourth-order valence-corrected chi connectivity index (χ4v) is 5.62. The van der Waals surface area contributed by atoms with Gasteiger partial charge in [-0.05, 0) is 73.9 Å². The molecule has 1 saturated heterocycles. The molecule has 4 nitrogen and oxygen atoms in total. The lowest BCUT2D eigenvalue weighted by atomic mass is 9.97. The van der Waals surface area contributed by atoms with E-state index < -0.39 is 12.1 Å². The van der Waals surface area contributed by atoms with Crippen molar-refractivity contribution in [1.29, 1.82) is 0 Å². The summed E-state index contributed by atoms with van der Waals surface area (Å²) in [6.45, 7) is 3.20. The number of hydrogen-bond donors (Lipinski definition) is 0. The number of likely N-dealkylation sites (tertiary alicyclic amines) is 1. The molecule has 0 radical (unpaired) electrons. The van der Waals surface area contributed by atoms with Crippen molar-refractivity contribution in [3.05, 3.63) is 56.9 Å². The minimum absolute atomic E-state index is 0.00135. The van der Waals surface area contributed by atoms with Crippen LogP contribution in [0.5, 0.6) is 5.75 Å². The normalized spacial score (nSPS) is 18.4. The minimum Gasteiger partial charge on any atom is -0.487 e. The zero-order valence-corrected chi connectivity index (χ0v) is 20.6. The van der Waals surface area contributed by atoms with Crippen molar-refractivity contribution in [2.45, 2.75) is 62.6 Å². The molecule has 0 saturated carbocycles. The van der Waals surface area contributed by atoms with Crippen LogP contribution in [0.4, 0.5) is 13.2 Å². The number of halogens is 3. The minimum atomic E-state index is -4.20. The molecule has 1 unspecified atom stereocenters. The van der Waals surface area contributed by atoms with Crippen molar-refractivity contribution >= 4 is 23.9 Å². The fraction of sp³-hybridized carbons (Fsp3) is 0.519. The van der Waals surface area contributed by atoms with Crippen molar-refractivity contribution in [1.82, 2.24) is 4.90 Å². The fourth-order valence-electron chi connectivity index (χ4n) is 4.52. The van der Waals surface area contributed by atoms with Gasteiger partial charge in [0.25, 0.3) is 0 Å². The van der Waals surface area contributed by atoms with Crippen molar-refractivity contribution in [2.24, 2.45) is 5.92 Å². The number of benzene rings is 1. The molecule has 190 valence electrons. The first-order chi connectivity index (χ1) is 16.9. The van der Waals surface area contributed by atoms with Gasteiger partial charge in [0.15, 0.2) is 0 Å². The zero-order valence-electron chi connectivity index (χ0n) is 19.8. The Labute approximate surface area is 207 Å². The predicted molar refractivity (Wildman–Crippen MR) is 133 cm³/mol. The van der Waals surface area contributed by atoms with E-state index in [2.05, 4.69) is 4.90 Å². The van der Waals surface area contributed by atoms with Crippen LogP contribution in [-0.2, 0) is 6.54 Å². The SMILES string of the molecule is O=c1cc(CN2CCCCC2)occ1OCCCCCSc1cccc2c1=CCC(C(F)(F)F)C=2. The molecule has 4 rings (SSSR count). The van der Waals surface area contributed by atoms with E-state index in [4.69, 9.17) is 9.15 Å². The Hall–Kier alpha value is -2.19. The lowest BCUT2D eigenvalue weighted by Crippen LogP contribution is -2.34. The Morgan fingerprint density at radius 2 is 1.94 bits per heavy atom. The Kier molecular flexibility index (Phi) is 9.00. The number of hydrogen-bond acceptors (Lipinski definition) is 5. The second kappa shape index (κ2) is 12.2. The molecule has 0 spiro atoms. The van der Waals surface area contributed by atoms with Gasteiger partial charge in [-0.2, -0.15) is 13.2 Å². The molecule has 1 aliphatic heterocycles. The molecule has 35 heavy (non-hydrogen) atoms. The number of rotatable bonds is 10. The molecule has 2 heterocycles. The van der Waals surface area contributed by atoms with Crippen molar-refractivity contribution in [2.75, 3.05) is 25.4 Å². The molecule has 2 aliphatic rings. The molecule has 1 aliphatic carbocycles. The van der Waals surface area contributed by atoms with E-state index in [1.54, 1.807) is 23.9 Å². The Morgan fingerprint density at radius 1 is 1.11 bits per heavy atom. The van der Waals surface area contributed by atoms with Crippen molar-refractivity contribution in [3.8, 4) is 5.75 Å². The van der Waals surface area contributed by atoms with Gasteiger partial charge >= 0.3 is 6.18 Å². The summed E-state index contributed by atoms with van der Waals surface area (Å²) in [5, 5.41) is 1.58. The van der Waals surface area contributed by atoms with E-state index >= 15 is 0 Å². The van der Waals surface area contributed by atoms with Crippen LogP contribution < -0.4 is 20.6 Å². The van der Waals surface area contributed by atoms with E-state index in [9.17, 15) is 18.0 Å². The van der Waals surface area contributed by atoms with Gasteiger partial charge in [-0.25, -0.2) is 0 Å². The second-order valence-electron chi connectivity index (χ2n) is 9.18. The van der Waals surface area contributed by atoms with E-state index in [0.29, 0.717) is 24.1 Å². The highest BCUT2D eigenvalue weighted by Crippen LogP contribution is 2.31. The quantitative estimate of drug-likeness (QED) is 0.330. The molecule has 1 aromatic heterocycles. The summed E-state index contributed by atoms with van der Waals surface area (Å²) in [6, 6.07) is 7.08. The third kappa shape index (κ3) is 7.40. The monoisotopic (exact) mass is 507 g/mol. The number of fused-ring (bicyclic) bond motifs is 1. The van der Waals surface area contributed by atoms with Gasteiger partial charge in [0.2, 0.25) is 11.2 Å². The molecule has 0 bridgehead atoms. The number of ether oxygens (including phenoxy) is 1. The van der Waals surface area contributed by atoms with Gasteiger partial charge in [-0.1, -0.05) is 30.7 Å². The summed E-state index contributed by atoms with van der Waals surface area (Å²) in [4.78, 5) is 15.7. The Bertz CT molecular complexity index is 1160. The van der Waals surface area contributed by atoms with Crippen molar-refractivity contribution < 1.29 is 22.3 Å². The lowest BCUT2D eigenvalue weighted by Gasteiger charge is -2.25. The molecule has 8 heteroatoms. The molecular weight excluding hydrogens is 475 g/mol. The van der Waals surface area contributed by atoms with E-state index in [0.717, 1.165) is 48.2 Å². The van der Waals surface area contributed by atoms with Crippen LogP contribution in [0, 0.1) is 5.92 Å². The van der Waals surface area contributed by atoms with Crippen LogP contribution in [0.15, 0.2) is 44.6 Å². The highest BCUT2D eigenvalue weighted by molar-refractivity contribution is 7.99. The van der Waals surface area contributed by atoms with Gasteiger partial charge in [0.1, 0.15) is 12.0 Å². The summed E-state index contributed by atoms with van der Waals surface area (Å²) in [7, 11) is 0. The number of unbranched alkanes of at least 4 members (excludes halogenated alkanes) is 2. The number of nitrogens with zero attached hydrogens (tertiary/aromatic N) is 1. The molecule has 1 atom stereocenters. The topological polar surface area (TPSA) is 42.7 Å². The maximum absolute atomic E-state index is 13.0. The van der Waals surface area contributed by atoms with Crippen LogP contribution in [0.3, 0.4) is 0 Å². The second-order valence-corrected chi connectivity index (χ2v) is 10.3. The van der Waals surface area contributed by atoms with Crippen molar-refractivity contribution in [3.63, 3.8) is 0 Å². The average Bonchev–Trinajstić information content (AvgIpc) is 2.84. The first-order valence-electron chi connectivity index (χ1n) is 12.4. The van der Waals surface area contributed by atoms with Gasteiger partial charge in [-0.3, -0.25) is 9.69 Å². The molecule has 0 amide bonds. The summed E-state index contributed by atoms with van der Waals surface area (Å²) < 4.78 is 50.3. The molecule has 1 fully saturated rings. The van der Waals surface area contributed by atoms with E-state index in [-0.39, 0.29) is 17.6 Å². The highest BCUT2D eigenvalue weighted by Gasteiger charge is 2.37.